The van der Waals surface area contributed by atoms with E-state index in [4.69, 9.17) is 9.15 Å². The fourth-order valence-electron chi connectivity index (χ4n) is 2.90. The first kappa shape index (κ1) is 20.5. The summed E-state index contributed by atoms with van der Waals surface area (Å²) in [5.41, 5.74) is 0.442. The topological polar surface area (TPSA) is 92.1 Å². The van der Waals surface area contributed by atoms with Gasteiger partial charge in [-0.25, -0.2) is 8.42 Å². The molecule has 28 heavy (non-hydrogen) atoms. The van der Waals surface area contributed by atoms with Crippen LogP contribution in [0.25, 0.3) is 0 Å². The maximum atomic E-state index is 12.8. The van der Waals surface area contributed by atoms with Crippen LogP contribution in [0.3, 0.4) is 0 Å². The van der Waals surface area contributed by atoms with Gasteiger partial charge in [-0.15, -0.1) is 0 Å². The highest BCUT2D eigenvalue weighted by atomic mass is 32.2. The van der Waals surface area contributed by atoms with Crippen LogP contribution in [0, 0.1) is 0 Å². The first-order chi connectivity index (χ1) is 13.4. The molecule has 152 valence electrons. The van der Waals surface area contributed by atoms with E-state index in [1.807, 2.05) is 18.0 Å². The minimum absolute atomic E-state index is 0.156. The molecular formula is C19H25N3O5S. The number of benzene rings is 1. The molecule has 8 nitrogen and oxygen atoms in total. The van der Waals surface area contributed by atoms with E-state index in [0.717, 1.165) is 5.76 Å². The van der Waals surface area contributed by atoms with Crippen LogP contribution in [0.4, 0.5) is 5.69 Å². The van der Waals surface area contributed by atoms with Gasteiger partial charge in [0.05, 0.1) is 37.0 Å². The molecule has 3 rings (SSSR count). The van der Waals surface area contributed by atoms with Gasteiger partial charge in [-0.1, -0.05) is 6.07 Å². The van der Waals surface area contributed by atoms with Gasteiger partial charge < -0.3 is 14.5 Å². The van der Waals surface area contributed by atoms with E-state index in [1.165, 1.54) is 16.4 Å². The SMILES string of the molecule is C[C@H](C(=O)Nc1cccc(S(=O)(=O)N2CCOCC2)c1)N(C)Cc1ccco1. The van der Waals surface area contributed by atoms with E-state index in [0.29, 0.717) is 38.5 Å². The molecule has 0 aliphatic carbocycles. The smallest absolute Gasteiger partial charge is 0.243 e. The summed E-state index contributed by atoms with van der Waals surface area (Å²) in [5, 5.41) is 2.80. The zero-order valence-electron chi connectivity index (χ0n) is 16.0. The maximum Gasteiger partial charge on any atom is 0.243 e. The summed E-state index contributed by atoms with van der Waals surface area (Å²) >= 11 is 0. The average molecular weight is 407 g/mol. The number of carbonyl (C=O) groups is 1. The second-order valence-electron chi connectivity index (χ2n) is 6.70. The number of ether oxygens (including phenoxy) is 1. The van der Waals surface area contributed by atoms with Gasteiger partial charge in [0.2, 0.25) is 15.9 Å². The molecular weight excluding hydrogens is 382 g/mol. The van der Waals surface area contributed by atoms with Crippen molar-refractivity contribution in [2.75, 3.05) is 38.7 Å². The van der Waals surface area contributed by atoms with Crippen LogP contribution in [-0.4, -0.2) is 62.9 Å². The minimum Gasteiger partial charge on any atom is -0.468 e. The largest absolute Gasteiger partial charge is 0.468 e. The van der Waals surface area contributed by atoms with Crippen LogP contribution in [0.2, 0.25) is 0 Å². The predicted octanol–water partition coefficient (Wildman–Crippen LogP) is 1.76. The van der Waals surface area contributed by atoms with Crippen molar-refractivity contribution in [1.82, 2.24) is 9.21 Å². The molecule has 1 saturated heterocycles. The number of likely N-dealkylation sites (N-methyl/N-ethyl adjacent to an activating group) is 1. The molecule has 1 fully saturated rings. The molecule has 0 spiro atoms. The molecule has 1 atom stereocenters. The van der Waals surface area contributed by atoms with E-state index in [9.17, 15) is 13.2 Å². The highest BCUT2D eigenvalue weighted by Gasteiger charge is 2.27. The van der Waals surface area contributed by atoms with Crippen molar-refractivity contribution < 1.29 is 22.4 Å². The van der Waals surface area contributed by atoms with Crippen molar-refractivity contribution >= 4 is 21.6 Å². The lowest BCUT2D eigenvalue weighted by molar-refractivity contribution is -0.120. The number of carbonyl (C=O) groups excluding carboxylic acids is 1. The van der Waals surface area contributed by atoms with Crippen molar-refractivity contribution in [2.24, 2.45) is 0 Å². The lowest BCUT2D eigenvalue weighted by Gasteiger charge is -2.26. The van der Waals surface area contributed by atoms with Crippen molar-refractivity contribution in [2.45, 2.75) is 24.4 Å². The molecule has 1 aliphatic rings. The molecule has 2 heterocycles. The molecule has 1 aliphatic heterocycles. The molecule has 1 amide bonds. The van der Waals surface area contributed by atoms with Gasteiger partial charge in [-0.3, -0.25) is 9.69 Å². The summed E-state index contributed by atoms with van der Waals surface area (Å²) in [6, 6.07) is 9.55. The van der Waals surface area contributed by atoms with Crippen LogP contribution in [0.15, 0.2) is 52.0 Å². The number of nitrogens with one attached hydrogen (secondary N) is 1. The minimum atomic E-state index is -3.61. The quantitative estimate of drug-likeness (QED) is 0.752. The van der Waals surface area contributed by atoms with Crippen LogP contribution in [0.5, 0.6) is 0 Å². The molecule has 1 aromatic carbocycles. The third kappa shape index (κ3) is 4.79. The first-order valence-corrected chi connectivity index (χ1v) is 10.5. The van der Waals surface area contributed by atoms with Gasteiger partial charge in [0.25, 0.3) is 0 Å². The van der Waals surface area contributed by atoms with E-state index in [1.54, 1.807) is 31.4 Å². The Morgan fingerprint density at radius 2 is 2.00 bits per heavy atom. The van der Waals surface area contributed by atoms with Gasteiger partial charge in [0.15, 0.2) is 0 Å². The van der Waals surface area contributed by atoms with Crippen molar-refractivity contribution in [3.05, 3.63) is 48.4 Å². The summed E-state index contributed by atoms with van der Waals surface area (Å²) in [7, 11) is -1.79. The molecule has 0 bridgehead atoms. The van der Waals surface area contributed by atoms with Gasteiger partial charge in [0, 0.05) is 18.8 Å². The van der Waals surface area contributed by atoms with E-state index >= 15 is 0 Å². The lowest BCUT2D eigenvalue weighted by atomic mass is 10.2. The normalized spacial score (nSPS) is 16.8. The van der Waals surface area contributed by atoms with Crippen molar-refractivity contribution in [3.8, 4) is 0 Å². The van der Waals surface area contributed by atoms with Crippen LogP contribution in [0.1, 0.15) is 12.7 Å². The highest BCUT2D eigenvalue weighted by molar-refractivity contribution is 7.89. The molecule has 2 aromatic rings. The third-order valence-corrected chi connectivity index (χ3v) is 6.63. The summed E-state index contributed by atoms with van der Waals surface area (Å²) in [6.07, 6.45) is 1.59. The Balaban J connectivity index is 1.67. The number of amides is 1. The maximum absolute atomic E-state index is 12.8. The monoisotopic (exact) mass is 407 g/mol. The Labute approximate surface area is 165 Å². The number of rotatable bonds is 7. The standard InChI is InChI=1S/C19H25N3O5S/c1-15(21(2)14-17-6-4-10-27-17)19(23)20-16-5-3-7-18(13-16)28(24,25)22-8-11-26-12-9-22/h3-7,10,13,15H,8-9,11-12,14H2,1-2H3,(H,20,23)/t15-/m1/s1. The van der Waals surface area contributed by atoms with Crippen LogP contribution >= 0.6 is 0 Å². The van der Waals surface area contributed by atoms with Crippen molar-refractivity contribution in [3.63, 3.8) is 0 Å². The van der Waals surface area contributed by atoms with Crippen LogP contribution < -0.4 is 5.32 Å². The fraction of sp³-hybridized carbons (Fsp3) is 0.421. The molecule has 0 unspecified atom stereocenters. The zero-order valence-corrected chi connectivity index (χ0v) is 16.8. The molecule has 0 radical (unpaired) electrons. The number of hydrogen-bond acceptors (Lipinski definition) is 6. The first-order valence-electron chi connectivity index (χ1n) is 9.09. The number of morpholine rings is 1. The second kappa shape index (κ2) is 8.87. The number of hydrogen-bond donors (Lipinski definition) is 1. The average Bonchev–Trinajstić information content (AvgIpc) is 3.21. The molecule has 1 aromatic heterocycles. The predicted molar refractivity (Wildman–Crippen MR) is 104 cm³/mol. The number of nitrogens with zero attached hydrogens (tertiary/aromatic N) is 2. The number of anilines is 1. The number of sulfonamides is 1. The summed E-state index contributed by atoms with van der Waals surface area (Å²) < 4.78 is 37.5. The van der Waals surface area contributed by atoms with Gasteiger partial charge in [0.1, 0.15) is 5.76 Å². The Morgan fingerprint density at radius 3 is 2.68 bits per heavy atom. The van der Waals surface area contributed by atoms with Crippen LogP contribution in [-0.2, 0) is 26.1 Å². The Morgan fingerprint density at radius 1 is 1.25 bits per heavy atom. The summed E-state index contributed by atoms with van der Waals surface area (Å²) in [4.78, 5) is 14.6. The molecule has 0 saturated carbocycles. The fourth-order valence-corrected chi connectivity index (χ4v) is 4.36. The van der Waals surface area contributed by atoms with E-state index < -0.39 is 16.1 Å². The Kier molecular flexibility index (Phi) is 6.50. The van der Waals surface area contributed by atoms with Gasteiger partial charge in [-0.05, 0) is 44.3 Å². The van der Waals surface area contributed by atoms with E-state index in [-0.39, 0.29) is 10.8 Å². The van der Waals surface area contributed by atoms with Crippen molar-refractivity contribution in [1.29, 1.82) is 0 Å². The Bertz CT molecular complexity index is 892. The van der Waals surface area contributed by atoms with Gasteiger partial charge >= 0.3 is 0 Å². The molecule has 9 heteroatoms. The highest BCUT2D eigenvalue weighted by Crippen LogP contribution is 2.21. The molecule has 1 N–H and O–H groups in total. The number of furan rings is 1. The second-order valence-corrected chi connectivity index (χ2v) is 8.64. The lowest BCUT2D eigenvalue weighted by Crippen LogP contribution is -2.40. The Hall–Kier alpha value is -2.20. The third-order valence-electron chi connectivity index (χ3n) is 4.74. The summed E-state index contributed by atoms with van der Waals surface area (Å²) in [5.74, 6) is 0.538. The zero-order chi connectivity index (χ0) is 20.1. The summed E-state index contributed by atoms with van der Waals surface area (Å²) in [6.45, 7) is 3.70. The van der Waals surface area contributed by atoms with Gasteiger partial charge in [-0.2, -0.15) is 4.31 Å². The van der Waals surface area contributed by atoms with E-state index in [2.05, 4.69) is 5.32 Å².